The van der Waals surface area contributed by atoms with Crippen molar-refractivity contribution in [3.05, 3.63) is 34.2 Å². The van der Waals surface area contributed by atoms with Crippen molar-refractivity contribution in [1.29, 1.82) is 0 Å². The summed E-state index contributed by atoms with van der Waals surface area (Å²) in [5, 5.41) is 3.18. The average Bonchev–Trinajstić information content (AvgIpc) is 3.37. The molecule has 1 aromatic heterocycles. The van der Waals surface area contributed by atoms with Crippen LogP contribution < -0.4 is 10.9 Å². The zero-order valence-electron chi connectivity index (χ0n) is 15.2. The standard InChI is InChI=1S/C19H29N3O3/c1-3-22-8-7-15(11-18(22)23)19(24)20-17-13-21(9-10-25-4-2)12-16(17)14-5-6-14/h7-8,11,14,16-17H,3-6,9-10,12-13H2,1-2H3,(H,20,24)/t16-,17+/m0/s1. The third-order valence-corrected chi connectivity index (χ3v) is 5.34. The van der Waals surface area contributed by atoms with E-state index in [1.54, 1.807) is 16.8 Å². The number of likely N-dealkylation sites (tertiary alicyclic amines) is 1. The van der Waals surface area contributed by atoms with Crippen molar-refractivity contribution in [2.75, 3.05) is 32.8 Å². The lowest BCUT2D eigenvalue weighted by Gasteiger charge is -2.19. The number of pyridine rings is 1. The summed E-state index contributed by atoms with van der Waals surface area (Å²) in [7, 11) is 0. The molecule has 1 aromatic rings. The van der Waals surface area contributed by atoms with Gasteiger partial charge in [0.25, 0.3) is 11.5 Å². The zero-order valence-corrected chi connectivity index (χ0v) is 15.2. The minimum Gasteiger partial charge on any atom is -0.380 e. The van der Waals surface area contributed by atoms with Crippen molar-refractivity contribution < 1.29 is 9.53 Å². The number of amides is 1. The Balaban J connectivity index is 1.62. The van der Waals surface area contributed by atoms with E-state index in [1.807, 2.05) is 13.8 Å². The van der Waals surface area contributed by atoms with Crippen LogP contribution in [0.5, 0.6) is 0 Å². The molecule has 25 heavy (non-hydrogen) atoms. The maximum atomic E-state index is 12.6. The fourth-order valence-electron chi connectivity index (χ4n) is 3.75. The van der Waals surface area contributed by atoms with Crippen molar-refractivity contribution in [2.24, 2.45) is 11.8 Å². The fraction of sp³-hybridized carbons (Fsp3) is 0.684. The van der Waals surface area contributed by atoms with E-state index in [0.717, 1.165) is 38.8 Å². The molecule has 1 N–H and O–H groups in total. The molecule has 0 spiro atoms. The Morgan fingerprint density at radius 3 is 2.76 bits per heavy atom. The fourth-order valence-corrected chi connectivity index (χ4v) is 3.75. The van der Waals surface area contributed by atoms with Gasteiger partial charge in [0.1, 0.15) is 0 Å². The van der Waals surface area contributed by atoms with Gasteiger partial charge in [-0.25, -0.2) is 0 Å². The van der Waals surface area contributed by atoms with Gasteiger partial charge in [0.15, 0.2) is 0 Å². The number of carbonyl (C=O) groups excluding carboxylic acids is 1. The number of rotatable bonds is 8. The van der Waals surface area contributed by atoms with Gasteiger partial charge in [-0.05, 0) is 44.6 Å². The van der Waals surface area contributed by atoms with Crippen LogP contribution in [0.25, 0.3) is 0 Å². The van der Waals surface area contributed by atoms with Crippen LogP contribution in [-0.2, 0) is 11.3 Å². The van der Waals surface area contributed by atoms with E-state index < -0.39 is 0 Å². The number of carbonyl (C=O) groups is 1. The van der Waals surface area contributed by atoms with Gasteiger partial charge in [-0.1, -0.05) is 0 Å². The van der Waals surface area contributed by atoms with Gasteiger partial charge >= 0.3 is 0 Å². The first-order valence-corrected chi connectivity index (χ1v) is 9.43. The quantitative estimate of drug-likeness (QED) is 0.721. The summed E-state index contributed by atoms with van der Waals surface area (Å²) in [4.78, 5) is 26.9. The predicted molar refractivity (Wildman–Crippen MR) is 96.8 cm³/mol. The molecule has 0 bridgehead atoms. The number of nitrogens with one attached hydrogen (secondary N) is 1. The summed E-state index contributed by atoms with van der Waals surface area (Å²) in [6.07, 6.45) is 4.23. The Morgan fingerprint density at radius 1 is 1.32 bits per heavy atom. The lowest BCUT2D eigenvalue weighted by molar-refractivity contribution is 0.0926. The zero-order chi connectivity index (χ0) is 17.8. The molecule has 1 saturated carbocycles. The Hall–Kier alpha value is -1.66. The molecule has 0 unspecified atom stereocenters. The third kappa shape index (κ3) is 4.50. The van der Waals surface area contributed by atoms with Crippen LogP contribution >= 0.6 is 0 Å². The van der Waals surface area contributed by atoms with E-state index >= 15 is 0 Å². The number of aromatic nitrogens is 1. The highest BCUT2D eigenvalue weighted by molar-refractivity contribution is 5.94. The second-order valence-corrected chi connectivity index (χ2v) is 7.08. The van der Waals surface area contributed by atoms with E-state index in [9.17, 15) is 9.59 Å². The van der Waals surface area contributed by atoms with Crippen LogP contribution in [0.2, 0.25) is 0 Å². The van der Waals surface area contributed by atoms with Gasteiger partial charge in [0, 0.05) is 56.7 Å². The van der Waals surface area contributed by atoms with Crippen molar-refractivity contribution in [1.82, 2.24) is 14.8 Å². The Morgan fingerprint density at radius 2 is 2.12 bits per heavy atom. The molecule has 138 valence electrons. The normalized spacial score (nSPS) is 23.8. The molecule has 1 amide bonds. The van der Waals surface area contributed by atoms with E-state index in [2.05, 4.69) is 10.2 Å². The molecule has 6 heteroatoms. The topological polar surface area (TPSA) is 63.6 Å². The molecule has 2 fully saturated rings. The molecule has 1 aliphatic carbocycles. The largest absolute Gasteiger partial charge is 0.380 e. The number of ether oxygens (including phenoxy) is 1. The molecule has 2 heterocycles. The Kier molecular flexibility index (Phi) is 5.91. The summed E-state index contributed by atoms with van der Waals surface area (Å²) < 4.78 is 7.05. The summed E-state index contributed by atoms with van der Waals surface area (Å²) in [5.41, 5.74) is 0.329. The van der Waals surface area contributed by atoms with Crippen molar-refractivity contribution >= 4 is 5.91 Å². The minimum atomic E-state index is -0.136. The van der Waals surface area contributed by atoms with Crippen LogP contribution in [0.1, 0.15) is 37.0 Å². The SMILES string of the molecule is CCOCCN1C[C@@H](NC(=O)c2ccn(CC)c(=O)c2)[C@H](C2CC2)C1. The Bertz CT molecular complexity index is 654. The van der Waals surface area contributed by atoms with E-state index in [1.165, 1.54) is 18.9 Å². The minimum absolute atomic E-state index is 0.126. The second-order valence-electron chi connectivity index (χ2n) is 7.08. The highest BCUT2D eigenvalue weighted by atomic mass is 16.5. The summed E-state index contributed by atoms with van der Waals surface area (Å²) in [6, 6.07) is 3.33. The van der Waals surface area contributed by atoms with Crippen LogP contribution in [0, 0.1) is 11.8 Å². The third-order valence-electron chi connectivity index (χ3n) is 5.34. The van der Waals surface area contributed by atoms with Crippen LogP contribution in [0.15, 0.2) is 23.1 Å². The first-order valence-electron chi connectivity index (χ1n) is 9.43. The van der Waals surface area contributed by atoms with Crippen molar-refractivity contribution in [3.63, 3.8) is 0 Å². The van der Waals surface area contributed by atoms with Crippen LogP contribution in [0.3, 0.4) is 0 Å². The molecule has 6 nitrogen and oxygen atoms in total. The highest BCUT2D eigenvalue weighted by Crippen LogP contribution is 2.41. The number of aryl methyl sites for hydroxylation is 1. The second kappa shape index (κ2) is 8.15. The molecule has 3 rings (SSSR count). The smallest absolute Gasteiger partial charge is 0.251 e. The molecule has 0 radical (unpaired) electrons. The van der Waals surface area contributed by atoms with Crippen LogP contribution in [-0.4, -0.2) is 54.3 Å². The first-order chi connectivity index (χ1) is 12.1. The average molecular weight is 347 g/mol. The van der Waals surface area contributed by atoms with Crippen molar-refractivity contribution in [3.8, 4) is 0 Å². The van der Waals surface area contributed by atoms with Gasteiger partial charge in [0.05, 0.1) is 6.61 Å². The number of nitrogens with zero attached hydrogens (tertiary/aromatic N) is 2. The summed E-state index contributed by atoms with van der Waals surface area (Å²) in [6.45, 7) is 8.82. The van der Waals surface area contributed by atoms with Gasteiger partial charge in [-0.3, -0.25) is 14.5 Å². The van der Waals surface area contributed by atoms with Gasteiger partial charge in [-0.15, -0.1) is 0 Å². The van der Waals surface area contributed by atoms with Crippen molar-refractivity contribution in [2.45, 2.75) is 39.3 Å². The summed E-state index contributed by atoms with van der Waals surface area (Å²) >= 11 is 0. The molecule has 0 aromatic carbocycles. The lowest BCUT2D eigenvalue weighted by Crippen LogP contribution is -2.41. The van der Waals surface area contributed by atoms with E-state index in [4.69, 9.17) is 4.74 Å². The van der Waals surface area contributed by atoms with E-state index in [-0.39, 0.29) is 17.5 Å². The first kappa shape index (κ1) is 18.1. The van der Waals surface area contributed by atoms with E-state index in [0.29, 0.717) is 18.0 Å². The predicted octanol–water partition coefficient (Wildman–Crippen LogP) is 1.34. The maximum Gasteiger partial charge on any atom is 0.251 e. The molecular formula is C19H29N3O3. The highest BCUT2D eigenvalue weighted by Gasteiger charge is 2.42. The summed E-state index contributed by atoms with van der Waals surface area (Å²) in [5.74, 6) is 1.11. The Labute approximate surface area is 149 Å². The van der Waals surface area contributed by atoms with Gasteiger partial charge in [0.2, 0.25) is 0 Å². The number of hydrogen-bond acceptors (Lipinski definition) is 4. The molecule has 2 aliphatic rings. The monoisotopic (exact) mass is 347 g/mol. The number of hydrogen-bond donors (Lipinski definition) is 1. The molecule has 2 atom stereocenters. The lowest BCUT2D eigenvalue weighted by atomic mass is 9.98. The molecule has 1 saturated heterocycles. The van der Waals surface area contributed by atoms with Crippen LogP contribution in [0.4, 0.5) is 0 Å². The maximum absolute atomic E-state index is 12.6. The molecular weight excluding hydrogens is 318 g/mol. The molecule has 1 aliphatic heterocycles. The van der Waals surface area contributed by atoms with Gasteiger partial charge < -0.3 is 14.6 Å². The van der Waals surface area contributed by atoms with Gasteiger partial charge in [-0.2, -0.15) is 0 Å².